The van der Waals surface area contributed by atoms with E-state index in [-0.39, 0.29) is 31.1 Å². The van der Waals surface area contributed by atoms with Crippen molar-refractivity contribution in [1.29, 1.82) is 0 Å². The van der Waals surface area contributed by atoms with Crippen LogP contribution in [0.2, 0.25) is 0 Å². The average Bonchev–Trinajstić information content (AvgIpc) is 3.32. The molecule has 0 aromatic carbocycles. The van der Waals surface area contributed by atoms with Crippen molar-refractivity contribution >= 4 is 17.9 Å². The lowest BCUT2D eigenvalue weighted by molar-refractivity contribution is -0.167. The van der Waals surface area contributed by atoms with Crippen LogP contribution in [0.1, 0.15) is 355 Å². The molecule has 0 aromatic heterocycles. The number of carbonyl (C=O) groups excluding carboxylic acids is 3. The van der Waals surface area contributed by atoms with Gasteiger partial charge in [0.15, 0.2) is 6.10 Å². The van der Waals surface area contributed by atoms with Gasteiger partial charge in [-0.25, -0.2) is 0 Å². The van der Waals surface area contributed by atoms with Crippen molar-refractivity contribution < 1.29 is 28.6 Å². The fourth-order valence-corrected chi connectivity index (χ4v) is 9.63. The van der Waals surface area contributed by atoms with Crippen LogP contribution in [0.25, 0.3) is 0 Å². The van der Waals surface area contributed by atoms with E-state index in [1.165, 1.54) is 250 Å². The third-order valence-corrected chi connectivity index (χ3v) is 14.3. The molecule has 1 atom stereocenters. The van der Waals surface area contributed by atoms with Gasteiger partial charge >= 0.3 is 17.9 Å². The number of rotatable bonds is 57. The summed E-state index contributed by atoms with van der Waals surface area (Å²) in [5.74, 6) is -0.0248. The second kappa shape index (κ2) is 56.3. The van der Waals surface area contributed by atoms with Gasteiger partial charge in [0.1, 0.15) is 13.2 Å². The van der Waals surface area contributed by atoms with E-state index in [0.717, 1.165) is 63.7 Å². The zero-order chi connectivity index (χ0) is 49.5. The molecule has 0 aliphatic rings. The van der Waals surface area contributed by atoms with E-state index in [1.54, 1.807) is 0 Å². The predicted molar refractivity (Wildman–Crippen MR) is 293 cm³/mol. The van der Waals surface area contributed by atoms with Crippen molar-refractivity contribution in [3.63, 3.8) is 0 Å². The largest absolute Gasteiger partial charge is 0.462 e. The highest BCUT2D eigenvalue weighted by molar-refractivity contribution is 5.71. The van der Waals surface area contributed by atoms with Crippen molar-refractivity contribution in [2.45, 2.75) is 361 Å². The third-order valence-electron chi connectivity index (χ3n) is 14.3. The maximum Gasteiger partial charge on any atom is 0.306 e. The molecule has 0 aliphatic carbocycles. The van der Waals surface area contributed by atoms with Gasteiger partial charge in [-0.15, -0.1) is 0 Å². The third kappa shape index (κ3) is 55.3. The summed E-state index contributed by atoms with van der Waals surface area (Å²) in [6.07, 6.45) is 62.5. The number of esters is 3. The Morgan fingerprint density at radius 2 is 0.485 bits per heavy atom. The summed E-state index contributed by atoms with van der Waals surface area (Å²) in [5, 5.41) is 0. The lowest BCUT2D eigenvalue weighted by Gasteiger charge is -2.18. The van der Waals surface area contributed by atoms with Gasteiger partial charge in [-0.05, 0) is 25.2 Å². The van der Waals surface area contributed by atoms with Crippen molar-refractivity contribution in [2.75, 3.05) is 13.2 Å². The van der Waals surface area contributed by atoms with Gasteiger partial charge in [0.25, 0.3) is 0 Å². The normalized spacial score (nSPS) is 12.0. The van der Waals surface area contributed by atoms with E-state index >= 15 is 0 Å². The summed E-state index contributed by atoms with van der Waals surface area (Å²) in [4.78, 5) is 38.2. The summed E-state index contributed by atoms with van der Waals surface area (Å²) in [5.41, 5.74) is 0. The van der Waals surface area contributed by atoms with Gasteiger partial charge in [0, 0.05) is 19.3 Å². The monoisotopic (exact) mass is 961 g/mol. The molecule has 0 spiro atoms. The smallest absolute Gasteiger partial charge is 0.306 e. The SMILES string of the molecule is CCCCCCCCCCCCCCCCCCCCCC(=O)OC[C@@H](COC(=O)CCCCCCCCCCCC(C)C)OC(=O)CCCCCCCCCCCCCCCCCCCCC. The Kier molecular flexibility index (Phi) is 55.0. The van der Waals surface area contributed by atoms with Crippen molar-refractivity contribution in [3.8, 4) is 0 Å². The van der Waals surface area contributed by atoms with Crippen LogP contribution < -0.4 is 0 Å². The molecule has 0 aromatic rings. The topological polar surface area (TPSA) is 78.9 Å². The Bertz CT molecular complexity index is 1030. The van der Waals surface area contributed by atoms with Gasteiger partial charge in [0.2, 0.25) is 0 Å². The molecule has 6 heteroatoms. The molecular formula is C62H120O6. The zero-order valence-corrected chi connectivity index (χ0v) is 46.6. The highest BCUT2D eigenvalue weighted by Gasteiger charge is 2.19. The quantitative estimate of drug-likeness (QED) is 0.0343. The highest BCUT2D eigenvalue weighted by atomic mass is 16.6. The average molecular weight is 962 g/mol. The molecule has 0 unspecified atom stereocenters. The molecule has 68 heavy (non-hydrogen) atoms. The van der Waals surface area contributed by atoms with E-state index in [9.17, 15) is 14.4 Å². The molecule has 0 N–H and O–H groups in total. The van der Waals surface area contributed by atoms with Crippen LogP contribution in [-0.4, -0.2) is 37.2 Å². The fourth-order valence-electron chi connectivity index (χ4n) is 9.63. The molecule has 0 saturated heterocycles. The van der Waals surface area contributed by atoms with E-state index in [0.29, 0.717) is 19.3 Å². The first kappa shape index (κ1) is 66.4. The van der Waals surface area contributed by atoms with Crippen LogP contribution in [0.15, 0.2) is 0 Å². The van der Waals surface area contributed by atoms with Crippen LogP contribution in [0, 0.1) is 5.92 Å². The molecule has 404 valence electrons. The molecule has 0 fully saturated rings. The van der Waals surface area contributed by atoms with Gasteiger partial charge in [0.05, 0.1) is 0 Å². The van der Waals surface area contributed by atoms with Crippen molar-refractivity contribution in [1.82, 2.24) is 0 Å². The number of hydrogen-bond donors (Lipinski definition) is 0. The molecule has 0 amide bonds. The summed E-state index contributed by atoms with van der Waals surface area (Å²) < 4.78 is 16.9. The summed E-state index contributed by atoms with van der Waals surface area (Å²) >= 11 is 0. The Morgan fingerprint density at radius 3 is 0.721 bits per heavy atom. The molecule has 0 bridgehead atoms. The molecule has 0 saturated carbocycles. The number of ether oxygens (including phenoxy) is 3. The molecule has 0 aliphatic heterocycles. The Labute approximate surface area is 425 Å². The Hall–Kier alpha value is -1.59. The van der Waals surface area contributed by atoms with Crippen LogP contribution in [0.3, 0.4) is 0 Å². The van der Waals surface area contributed by atoms with Gasteiger partial charge in [-0.2, -0.15) is 0 Å². The lowest BCUT2D eigenvalue weighted by Crippen LogP contribution is -2.30. The lowest BCUT2D eigenvalue weighted by atomic mass is 10.0. The second-order valence-electron chi connectivity index (χ2n) is 21.8. The molecule has 0 rings (SSSR count). The second-order valence-corrected chi connectivity index (χ2v) is 21.8. The summed E-state index contributed by atoms with van der Waals surface area (Å²) in [6, 6.07) is 0. The molecule has 6 nitrogen and oxygen atoms in total. The Morgan fingerprint density at radius 1 is 0.279 bits per heavy atom. The van der Waals surface area contributed by atoms with Crippen molar-refractivity contribution in [2.24, 2.45) is 5.92 Å². The minimum Gasteiger partial charge on any atom is -0.462 e. The molecular weight excluding hydrogens is 841 g/mol. The first-order chi connectivity index (χ1) is 33.4. The minimum absolute atomic E-state index is 0.0619. The van der Waals surface area contributed by atoms with E-state index in [1.807, 2.05) is 0 Å². The number of unbranched alkanes of at least 4 members (excludes halogenated alkanes) is 44. The molecule has 0 radical (unpaired) electrons. The maximum absolute atomic E-state index is 12.9. The summed E-state index contributed by atoms with van der Waals surface area (Å²) in [7, 11) is 0. The van der Waals surface area contributed by atoms with E-state index in [2.05, 4.69) is 27.7 Å². The van der Waals surface area contributed by atoms with Crippen LogP contribution in [0.4, 0.5) is 0 Å². The molecule has 0 heterocycles. The zero-order valence-electron chi connectivity index (χ0n) is 46.6. The van der Waals surface area contributed by atoms with E-state index in [4.69, 9.17) is 14.2 Å². The maximum atomic E-state index is 12.9. The van der Waals surface area contributed by atoms with Gasteiger partial charge in [-0.1, -0.05) is 317 Å². The van der Waals surface area contributed by atoms with Gasteiger partial charge < -0.3 is 14.2 Å². The number of hydrogen-bond acceptors (Lipinski definition) is 6. The summed E-state index contributed by atoms with van der Waals surface area (Å²) in [6.45, 7) is 9.05. The van der Waals surface area contributed by atoms with Gasteiger partial charge in [-0.3, -0.25) is 14.4 Å². The predicted octanol–water partition coefficient (Wildman–Crippen LogP) is 20.6. The van der Waals surface area contributed by atoms with E-state index < -0.39 is 6.10 Å². The first-order valence-corrected chi connectivity index (χ1v) is 30.9. The van der Waals surface area contributed by atoms with Crippen LogP contribution in [0.5, 0.6) is 0 Å². The Balaban J connectivity index is 4.25. The van der Waals surface area contributed by atoms with Crippen LogP contribution >= 0.6 is 0 Å². The standard InChI is InChI=1S/C62H120O6/c1-5-7-9-11-13-15-17-19-21-23-25-27-29-31-33-37-41-45-49-53-60(63)66-56-59(57-67-61(64)54-50-46-42-39-35-36-40-44-48-52-58(3)4)68-62(65)55-51-47-43-38-34-32-30-28-26-24-22-20-18-16-14-12-10-8-6-2/h58-59H,5-57H2,1-4H3/t59-/m0/s1. The van der Waals surface area contributed by atoms with Crippen LogP contribution in [-0.2, 0) is 28.6 Å². The fraction of sp³-hybridized carbons (Fsp3) is 0.952. The first-order valence-electron chi connectivity index (χ1n) is 30.9. The highest BCUT2D eigenvalue weighted by Crippen LogP contribution is 2.18. The van der Waals surface area contributed by atoms with Crippen molar-refractivity contribution in [3.05, 3.63) is 0 Å². The number of carbonyl (C=O) groups is 3. The minimum atomic E-state index is -0.763.